The number of rotatable bonds is 6. The van der Waals surface area contributed by atoms with Gasteiger partial charge in [0.05, 0.1) is 6.54 Å². The van der Waals surface area contributed by atoms with Crippen molar-refractivity contribution >= 4 is 41.7 Å². The van der Waals surface area contributed by atoms with Crippen molar-refractivity contribution in [1.82, 2.24) is 25.2 Å². The molecule has 6 nitrogen and oxygen atoms in total. The van der Waals surface area contributed by atoms with Crippen molar-refractivity contribution in [3.63, 3.8) is 0 Å². The molecule has 3 heterocycles. The lowest BCUT2D eigenvalue weighted by Crippen LogP contribution is -2.40. The zero-order valence-electron chi connectivity index (χ0n) is 14.4. The summed E-state index contributed by atoms with van der Waals surface area (Å²) in [5.41, 5.74) is 1.09. The number of thioether (sulfide) groups is 1. The van der Waals surface area contributed by atoms with Crippen LogP contribution in [-0.2, 0) is 6.54 Å². The van der Waals surface area contributed by atoms with Crippen LogP contribution in [0, 0.1) is 0 Å². The number of imidazole rings is 1. The lowest BCUT2D eigenvalue weighted by atomic mass is 10.2. The van der Waals surface area contributed by atoms with Crippen molar-refractivity contribution in [2.24, 2.45) is 4.99 Å². The summed E-state index contributed by atoms with van der Waals surface area (Å²) in [6.07, 6.45) is 9.88. The van der Waals surface area contributed by atoms with E-state index in [0.29, 0.717) is 11.8 Å². The molecule has 1 fully saturated rings. The molecule has 1 unspecified atom stereocenters. The number of pyridine rings is 1. The van der Waals surface area contributed by atoms with Crippen LogP contribution in [0.1, 0.15) is 25.3 Å². The molecule has 0 spiro atoms. The van der Waals surface area contributed by atoms with Crippen LogP contribution in [-0.4, -0.2) is 44.6 Å². The Kier molecular flexibility index (Phi) is 8.53. The molecule has 2 aromatic rings. The van der Waals surface area contributed by atoms with Gasteiger partial charge in [-0.2, -0.15) is 11.8 Å². The van der Waals surface area contributed by atoms with Gasteiger partial charge < -0.3 is 10.6 Å². The number of guanidine groups is 1. The standard InChI is InChI=1S/C17H24N6S.HI/c1-2-19-17(22-12-15-4-3-9-24-15)21-11-14-5-6-16(20-10-14)23-8-7-18-13-23;/h5-8,10,13,15H,2-4,9,11-12H2,1H3,(H2,19,21,22);1H. The van der Waals surface area contributed by atoms with Crippen LogP contribution < -0.4 is 10.6 Å². The molecule has 1 aliphatic rings. The minimum Gasteiger partial charge on any atom is -0.357 e. The second-order valence-corrected chi connectivity index (χ2v) is 7.11. The molecule has 2 N–H and O–H groups in total. The van der Waals surface area contributed by atoms with Gasteiger partial charge in [0.15, 0.2) is 5.96 Å². The molecular weight excluding hydrogens is 447 g/mol. The maximum absolute atomic E-state index is 4.66. The van der Waals surface area contributed by atoms with Crippen molar-refractivity contribution in [2.75, 3.05) is 18.8 Å². The van der Waals surface area contributed by atoms with Crippen LogP contribution in [0.4, 0.5) is 0 Å². The molecule has 136 valence electrons. The van der Waals surface area contributed by atoms with Crippen LogP contribution in [0.2, 0.25) is 0 Å². The van der Waals surface area contributed by atoms with E-state index in [1.807, 2.05) is 23.0 Å². The van der Waals surface area contributed by atoms with Crippen molar-refractivity contribution in [3.05, 3.63) is 42.6 Å². The van der Waals surface area contributed by atoms with Gasteiger partial charge in [-0.15, -0.1) is 24.0 Å². The zero-order valence-corrected chi connectivity index (χ0v) is 17.5. The predicted molar refractivity (Wildman–Crippen MR) is 115 cm³/mol. The molecule has 3 rings (SSSR count). The third kappa shape index (κ3) is 6.18. The molecule has 0 bridgehead atoms. The second-order valence-electron chi connectivity index (χ2n) is 5.71. The quantitative estimate of drug-likeness (QED) is 0.385. The highest BCUT2D eigenvalue weighted by atomic mass is 127. The highest BCUT2D eigenvalue weighted by Crippen LogP contribution is 2.25. The third-order valence-electron chi connectivity index (χ3n) is 3.86. The Balaban J connectivity index is 0.00000225. The number of halogens is 1. The maximum atomic E-state index is 4.66. The lowest BCUT2D eigenvalue weighted by molar-refractivity contribution is 0.727. The van der Waals surface area contributed by atoms with Crippen LogP contribution in [0.15, 0.2) is 42.0 Å². The van der Waals surface area contributed by atoms with Crippen molar-refractivity contribution in [1.29, 1.82) is 0 Å². The van der Waals surface area contributed by atoms with E-state index >= 15 is 0 Å². The largest absolute Gasteiger partial charge is 0.357 e. The summed E-state index contributed by atoms with van der Waals surface area (Å²) in [5, 5.41) is 7.47. The topological polar surface area (TPSA) is 67.1 Å². The molecule has 1 saturated heterocycles. The summed E-state index contributed by atoms with van der Waals surface area (Å²) in [6.45, 7) is 4.54. The molecule has 0 radical (unpaired) electrons. The van der Waals surface area contributed by atoms with Crippen molar-refractivity contribution in [3.8, 4) is 5.82 Å². The highest BCUT2D eigenvalue weighted by Gasteiger charge is 2.15. The van der Waals surface area contributed by atoms with E-state index in [9.17, 15) is 0 Å². The van der Waals surface area contributed by atoms with Crippen LogP contribution >= 0.6 is 35.7 Å². The van der Waals surface area contributed by atoms with Crippen LogP contribution in [0.5, 0.6) is 0 Å². The Bertz CT molecular complexity index is 638. The minimum absolute atomic E-state index is 0. The summed E-state index contributed by atoms with van der Waals surface area (Å²) in [6, 6.07) is 4.05. The summed E-state index contributed by atoms with van der Waals surface area (Å²) < 4.78 is 1.89. The Morgan fingerprint density at radius 1 is 1.40 bits per heavy atom. The van der Waals surface area contributed by atoms with Gasteiger partial charge in [-0.25, -0.2) is 15.0 Å². The van der Waals surface area contributed by atoms with Gasteiger partial charge in [0, 0.05) is 36.9 Å². The van der Waals surface area contributed by atoms with E-state index in [-0.39, 0.29) is 24.0 Å². The number of aromatic nitrogens is 3. The van der Waals surface area contributed by atoms with Gasteiger partial charge in [-0.3, -0.25) is 4.57 Å². The van der Waals surface area contributed by atoms with E-state index in [2.05, 4.69) is 50.3 Å². The molecule has 0 aliphatic carbocycles. The zero-order chi connectivity index (χ0) is 16.6. The molecule has 0 saturated carbocycles. The van der Waals surface area contributed by atoms with Crippen LogP contribution in [0.3, 0.4) is 0 Å². The SMILES string of the molecule is CCNC(=NCc1ccc(-n2ccnc2)nc1)NCC1CCCS1.I. The monoisotopic (exact) mass is 472 g/mol. The fourth-order valence-electron chi connectivity index (χ4n) is 2.59. The Morgan fingerprint density at radius 2 is 2.32 bits per heavy atom. The second kappa shape index (κ2) is 10.6. The van der Waals surface area contributed by atoms with Crippen molar-refractivity contribution < 1.29 is 0 Å². The highest BCUT2D eigenvalue weighted by molar-refractivity contribution is 14.0. The van der Waals surface area contributed by atoms with Gasteiger partial charge >= 0.3 is 0 Å². The summed E-state index contributed by atoms with van der Waals surface area (Å²) in [5.74, 6) is 3.03. The molecule has 25 heavy (non-hydrogen) atoms. The number of hydrogen-bond acceptors (Lipinski definition) is 4. The van der Waals surface area contributed by atoms with E-state index in [1.165, 1.54) is 18.6 Å². The molecule has 1 atom stereocenters. The lowest BCUT2D eigenvalue weighted by Gasteiger charge is -2.14. The molecule has 2 aromatic heterocycles. The molecule has 0 aromatic carbocycles. The first kappa shape index (κ1) is 20.0. The average molecular weight is 472 g/mol. The van der Waals surface area contributed by atoms with E-state index in [4.69, 9.17) is 0 Å². The third-order valence-corrected chi connectivity index (χ3v) is 5.26. The van der Waals surface area contributed by atoms with Gasteiger partial charge in [0.25, 0.3) is 0 Å². The van der Waals surface area contributed by atoms with Gasteiger partial charge in [-0.05, 0) is 37.1 Å². The number of nitrogens with one attached hydrogen (secondary N) is 2. The molecular formula is C17H25IN6S. The van der Waals surface area contributed by atoms with E-state index < -0.39 is 0 Å². The average Bonchev–Trinajstić information content (AvgIpc) is 3.31. The first-order chi connectivity index (χ1) is 11.8. The summed E-state index contributed by atoms with van der Waals surface area (Å²) >= 11 is 2.05. The first-order valence-electron chi connectivity index (χ1n) is 8.42. The van der Waals surface area contributed by atoms with Crippen molar-refractivity contribution in [2.45, 2.75) is 31.6 Å². The van der Waals surface area contributed by atoms with E-state index in [1.54, 1.807) is 12.5 Å². The van der Waals surface area contributed by atoms with Crippen LogP contribution in [0.25, 0.3) is 5.82 Å². The number of nitrogens with zero attached hydrogens (tertiary/aromatic N) is 4. The Morgan fingerprint density at radius 3 is 2.96 bits per heavy atom. The van der Waals surface area contributed by atoms with E-state index in [0.717, 1.165) is 30.4 Å². The normalized spacial score (nSPS) is 17.2. The fraction of sp³-hybridized carbons (Fsp3) is 0.471. The summed E-state index contributed by atoms with van der Waals surface area (Å²) in [4.78, 5) is 13.2. The fourth-order valence-corrected chi connectivity index (χ4v) is 3.79. The van der Waals surface area contributed by atoms with Gasteiger partial charge in [0.2, 0.25) is 0 Å². The van der Waals surface area contributed by atoms with Gasteiger partial charge in [0.1, 0.15) is 12.1 Å². The molecule has 0 amide bonds. The molecule has 8 heteroatoms. The predicted octanol–water partition coefficient (Wildman–Crippen LogP) is 2.84. The smallest absolute Gasteiger partial charge is 0.191 e. The maximum Gasteiger partial charge on any atom is 0.191 e. The summed E-state index contributed by atoms with van der Waals surface area (Å²) in [7, 11) is 0. The molecule has 1 aliphatic heterocycles. The Labute approximate surface area is 170 Å². The minimum atomic E-state index is 0. The Hall–Kier alpha value is -1.29. The number of hydrogen-bond donors (Lipinski definition) is 2. The van der Waals surface area contributed by atoms with Gasteiger partial charge in [-0.1, -0.05) is 6.07 Å². The number of aliphatic imine (C=N–C) groups is 1. The first-order valence-corrected chi connectivity index (χ1v) is 9.47.